The zero-order chi connectivity index (χ0) is 23.1. The number of piperidine rings is 1. The SMILES string of the molecule is NC1CCCC(C(=O)N2CCC([C@H]3c4ncc(Br)cc4CCc4cc(Cl)cc(Br)c43)CC2)C1. The Bertz CT molecular complexity index is 1050. The van der Waals surface area contributed by atoms with Gasteiger partial charge in [-0.2, -0.15) is 0 Å². The van der Waals surface area contributed by atoms with Crippen LogP contribution in [0.5, 0.6) is 0 Å². The molecule has 33 heavy (non-hydrogen) atoms. The molecule has 4 nitrogen and oxygen atoms in total. The molecule has 1 saturated carbocycles. The molecule has 1 aliphatic heterocycles. The molecule has 1 saturated heterocycles. The predicted octanol–water partition coefficient (Wildman–Crippen LogP) is 6.25. The second-order valence-corrected chi connectivity index (χ2v) is 12.1. The minimum absolute atomic E-state index is 0.111. The molecule has 2 N–H and O–H groups in total. The number of amides is 1. The van der Waals surface area contributed by atoms with Crippen LogP contribution in [0.4, 0.5) is 0 Å². The number of fused-ring (bicyclic) bond motifs is 2. The quantitative estimate of drug-likeness (QED) is 0.447. The Balaban J connectivity index is 1.42. The summed E-state index contributed by atoms with van der Waals surface area (Å²) in [5.74, 6) is 1.07. The van der Waals surface area contributed by atoms with Crippen LogP contribution in [-0.4, -0.2) is 34.9 Å². The number of rotatable bonds is 2. The topological polar surface area (TPSA) is 59.2 Å². The fourth-order valence-electron chi connectivity index (χ4n) is 6.19. The molecule has 2 heterocycles. The van der Waals surface area contributed by atoms with E-state index < -0.39 is 0 Å². The van der Waals surface area contributed by atoms with Gasteiger partial charge in [-0.1, -0.05) is 34.0 Å². The number of hydrogen-bond donors (Lipinski definition) is 1. The number of benzene rings is 1. The molecule has 5 rings (SSSR count). The van der Waals surface area contributed by atoms with Crippen molar-refractivity contribution in [3.63, 3.8) is 0 Å². The van der Waals surface area contributed by atoms with Crippen LogP contribution in [0.15, 0.2) is 33.3 Å². The Morgan fingerprint density at radius 3 is 2.58 bits per heavy atom. The molecule has 0 spiro atoms. The van der Waals surface area contributed by atoms with Crippen molar-refractivity contribution < 1.29 is 4.79 Å². The van der Waals surface area contributed by atoms with Crippen molar-refractivity contribution >= 4 is 49.4 Å². The van der Waals surface area contributed by atoms with Crippen molar-refractivity contribution in [3.05, 3.63) is 60.7 Å². The molecule has 176 valence electrons. The number of likely N-dealkylation sites (tertiary alicyclic amines) is 1. The first-order valence-corrected chi connectivity index (χ1v) is 14.0. The van der Waals surface area contributed by atoms with E-state index in [0.717, 1.165) is 78.4 Å². The van der Waals surface area contributed by atoms with Crippen molar-refractivity contribution in [2.75, 3.05) is 13.1 Å². The van der Waals surface area contributed by atoms with Crippen molar-refractivity contribution in [1.29, 1.82) is 0 Å². The normalized spacial score (nSPS) is 25.8. The number of nitrogens with zero attached hydrogens (tertiary/aromatic N) is 2. The monoisotopic (exact) mass is 593 g/mol. The molecule has 0 radical (unpaired) electrons. The average Bonchev–Trinajstić information content (AvgIpc) is 2.95. The van der Waals surface area contributed by atoms with Gasteiger partial charge in [-0.05, 0) is 102 Å². The van der Waals surface area contributed by atoms with Crippen molar-refractivity contribution in [2.45, 2.75) is 63.3 Å². The fourth-order valence-corrected chi connectivity index (χ4v) is 7.69. The number of hydrogen-bond acceptors (Lipinski definition) is 3. The summed E-state index contributed by atoms with van der Waals surface area (Å²) in [6.45, 7) is 1.64. The molecule has 3 atom stereocenters. The fraction of sp³-hybridized carbons (Fsp3) is 0.538. The summed E-state index contributed by atoms with van der Waals surface area (Å²) in [6, 6.07) is 6.54. The average molecular weight is 596 g/mol. The Morgan fingerprint density at radius 2 is 1.82 bits per heavy atom. The molecule has 2 fully saturated rings. The molecule has 1 amide bonds. The van der Waals surface area contributed by atoms with E-state index in [9.17, 15) is 4.79 Å². The van der Waals surface area contributed by atoms with Gasteiger partial charge in [0.05, 0.1) is 5.69 Å². The van der Waals surface area contributed by atoms with Crippen LogP contribution in [0.25, 0.3) is 0 Å². The molecule has 0 bridgehead atoms. The Labute approximate surface area is 217 Å². The third-order valence-electron chi connectivity index (χ3n) is 7.80. The smallest absolute Gasteiger partial charge is 0.225 e. The van der Waals surface area contributed by atoms with Crippen molar-refractivity contribution in [2.24, 2.45) is 17.6 Å². The van der Waals surface area contributed by atoms with Gasteiger partial charge >= 0.3 is 0 Å². The van der Waals surface area contributed by atoms with Gasteiger partial charge in [-0.3, -0.25) is 9.78 Å². The maximum Gasteiger partial charge on any atom is 0.225 e. The summed E-state index contributed by atoms with van der Waals surface area (Å²) in [4.78, 5) is 20.2. The number of carbonyl (C=O) groups is 1. The lowest BCUT2D eigenvalue weighted by Crippen LogP contribution is -2.45. The number of carbonyl (C=O) groups excluding carboxylic acids is 1. The van der Waals surface area contributed by atoms with Crippen LogP contribution < -0.4 is 5.73 Å². The zero-order valence-electron chi connectivity index (χ0n) is 18.7. The van der Waals surface area contributed by atoms with Gasteiger partial charge in [0, 0.05) is 51.1 Å². The number of aromatic nitrogens is 1. The summed E-state index contributed by atoms with van der Waals surface area (Å²) < 4.78 is 2.09. The lowest BCUT2D eigenvalue weighted by atomic mass is 9.76. The molecule has 7 heteroatoms. The second-order valence-electron chi connectivity index (χ2n) is 9.92. The van der Waals surface area contributed by atoms with Gasteiger partial charge in [0.15, 0.2) is 0 Å². The highest BCUT2D eigenvalue weighted by molar-refractivity contribution is 9.10. The molecular weight excluding hydrogens is 566 g/mol. The van der Waals surface area contributed by atoms with E-state index in [0.29, 0.717) is 11.8 Å². The maximum atomic E-state index is 13.2. The predicted molar refractivity (Wildman–Crippen MR) is 140 cm³/mol. The number of pyridine rings is 1. The molecule has 1 aromatic heterocycles. The van der Waals surface area contributed by atoms with E-state index in [-0.39, 0.29) is 17.9 Å². The number of halogens is 3. The Morgan fingerprint density at radius 1 is 1.06 bits per heavy atom. The van der Waals surface area contributed by atoms with Gasteiger partial charge in [0.2, 0.25) is 5.91 Å². The highest BCUT2D eigenvalue weighted by Crippen LogP contribution is 2.46. The highest BCUT2D eigenvalue weighted by atomic mass is 79.9. The summed E-state index contributed by atoms with van der Waals surface area (Å²) in [6.07, 6.45) is 9.76. The van der Waals surface area contributed by atoms with Crippen LogP contribution in [0.1, 0.15) is 66.8 Å². The van der Waals surface area contributed by atoms with Gasteiger partial charge < -0.3 is 10.6 Å². The van der Waals surface area contributed by atoms with Gasteiger partial charge in [0.1, 0.15) is 0 Å². The molecule has 3 aliphatic rings. The summed E-state index contributed by atoms with van der Waals surface area (Å²) >= 11 is 13.9. The van der Waals surface area contributed by atoms with E-state index in [1.807, 2.05) is 12.3 Å². The summed E-state index contributed by atoms with van der Waals surface area (Å²) in [7, 11) is 0. The molecule has 2 unspecified atom stereocenters. The van der Waals surface area contributed by atoms with Crippen LogP contribution in [0.2, 0.25) is 5.02 Å². The first-order chi connectivity index (χ1) is 15.9. The van der Waals surface area contributed by atoms with Gasteiger partial charge in [-0.15, -0.1) is 0 Å². The largest absolute Gasteiger partial charge is 0.342 e. The van der Waals surface area contributed by atoms with E-state index in [4.69, 9.17) is 22.3 Å². The van der Waals surface area contributed by atoms with E-state index in [1.165, 1.54) is 22.4 Å². The lowest BCUT2D eigenvalue weighted by Gasteiger charge is -2.39. The maximum absolute atomic E-state index is 13.2. The van der Waals surface area contributed by atoms with Crippen LogP contribution in [0.3, 0.4) is 0 Å². The molecule has 2 aliphatic carbocycles. The highest BCUT2D eigenvalue weighted by Gasteiger charge is 2.37. The minimum atomic E-state index is 0.111. The van der Waals surface area contributed by atoms with Gasteiger partial charge in [-0.25, -0.2) is 0 Å². The van der Waals surface area contributed by atoms with Gasteiger partial charge in [0.25, 0.3) is 0 Å². The number of nitrogens with two attached hydrogens (primary N) is 1. The zero-order valence-corrected chi connectivity index (χ0v) is 22.6. The van der Waals surface area contributed by atoms with Crippen molar-refractivity contribution in [1.82, 2.24) is 9.88 Å². The first kappa shape index (κ1) is 23.8. The number of aryl methyl sites for hydroxylation is 2. The Hall–Kier alpha value is -0.950. The lowest BCUT2D eigenvalue weighted by molar-refractivity contribution is -0.138. The summed E-state index contributed by atoms with van der Waals surface area (Å²) in [5, 5.41) is 0.769. The molecule has 1 aromatic carbocycles. The third kappa shape index (κ3) is 4.91. The standard InChI is InChI=1S/C26H30Br2ClN3O/c27-19-10-17-5-4-16-11-20(29)13-22(28)23(16)24(25(17)31-14-19)15-6-8-32(9-7-15)26(33)18-2-1-3-21(30)12-18/h10-11,13-15,18,21,24H,1-9,12,30H2/t18?,21?,24-/m1/s1. The van der Waals surface area contributed by atoms with Crippen LogP contribution >= 0.6 is 43.5 Å². The molecular formula is C26H30Br2ClN3O. The minimum Gasteiger partial charge on any atom is -0.342 e. The first-order valence-electron chi connectivity index (χ1n) is 12.1. The summed E-state index contributed by atoms with van der Waals surface area (Å²) in [5.41, 5.74) is 11.3. The Kier molecular flexibility index (Phi) is 7.18. The molecule has 2 aromatic rings. The van der Waals surface area contributed by atoms with Crippen LogP contribution in [-0.2, 0) is 17.6 Å². The van der Waals surface area contributed by atoms with E-state index in [2.05, 4.69) is 48.9 Å². The van der Waals surface area contributed by atoms with E-state index >= 15 is 0 Å². The third-order valence-corrected chi connectivity index (χ3v) is 9.11. The van der Waals surface area contributed by atoms with Crippen molar-refractivity contribution in [3.8, 4) is 0 Å². The second kappa shape index (κ2) is 9.96. The van der Waals surface area contributed by atoms with E-state index in [1.54, 1.807) is 0 Å². The van der Waals surface area contributed by atoms with Crippen LogP contribution in [0, 0.1) is 11.8 Å².